The standard InChI is InChI=1S/C21H15ClN2O3/c1-27-15-11-9-14(10-12-15)24-20(25)18(22)19(21(24)26)23-17-8-4-6-13-5-2-3-7-16(13)17/h2-12,23H,1H3. The number of amides is 2. The van der Waals surface area contributed by atoms with Crippen molar-refractivity contribution in [3.8, 4) is 5.75 Å². The van der Waals surface area contributed by atoms with E-state index in [1.54, 1.807) is 31.4 Å². The van der Waals surface area contributed by atoms with Crippen LogP contribution in [-0.4, -0.2) is 18.9 Å². The van der Waals surface area contributed by atoms with Crippen LogP contribution < -0.4 is 15.0 Å². The molecule has 5 nitrogen and oxygen atoms in total. The molecule has 27 heavy (non-hydrogen) atoms. The molecule has 0 spiro atoms. The lowest BCUT2D eigenvalue weighted by atomic mass is 10.1. The van der Waals surface area contributed by atoms with Gasteiger partial charge in [0.25, 0.3) is 11.8 Å². The van der Waals surface area contributed by atoms with Crippen molar-refractivity contribution >= 4 is 45.6 Å². The van der Waals surface area contributed by atoms with Gasteiger partial charge in [0, 0.05) is 11.1 Å². The third kappa shape index (κ3) is 2.92. The fourth-order valence-electron chi connectivity index (χ4n) is 3.05. The number of hydrogen-bond acceptors (Lipinski definition) is 4. The number of carbonyl (C=O) groups excluding carboxylic acids is 2. The van der Waals surface area contributed by atoms with Gasteiger partial charge in [0.05, 0.1) is 12.8 Å². The summed E-state index contributed by atoms with van der Waals surface area (Å²) in [5.74, 6) is -0.427. The highest BCUT2D eigenvalue weighted by Gasteiger charge is 2.39. The van der Waals surface area contributed by atoms with Gasteiger partial charge in [-0.1, -0.05) is 48.0 Å². The average Bonchev–Trinajstić information content (AvgIpc) is 2.91. The van der Waals surface area contributed by atoms with Gasteiger partial charge in [-0.15, -0.1) is 0 Å². The number of fused-ring (bicyclic) bond motifs is 1. The number of halogens is 1. The number of rotatable bonds is 4. The molecule has 1 aliphatic heterocycles. The molecule has 0 saturated heterocycles. The Balaban J connectivity index is 1.69. The van der Waals surface area contributed by atoms with Gasteiger partial charge in [-0.2, -0.15) is 0 Å². The SMILES string of the molecule is COc1ccc(N2C(=O)C(Cl)=C(Nc3cccc4ccccc34)C2=O)cc1. The predicted octanol–water partition coefficient (Wildman–Crippen LogP) is 4.28. The minimum atomic E-state index is -0.561. The van der Waals surface area contributed by atoms with Crippen LogP contribution in [0.15, 0.2) is 77.5 Å². The molecule has 0 bridgehead atoms. The van der Waals surface area contributed by atoms with E-state index in [2.05, 4.69) is 5.32 Å². The van der Waals surface area contributed by atoms with Crippen LogP contribution in [0.4, 0.5) is 11.4 Å². The minimum Gasteiger partial charge on any atom is -0.497 e. The van der Waals surface area contributed by atoms with Crippen LogP contribution >= 0.6 is 11.6 Å². The van der Waals surface area contributed by atoms with E-state index in [-0.39, 0.29) is 10.7 Å². The fraction of sp³-hybridized carbons (Fsp3) is 0.0476. The molecule has 0 unspecified atom stereocenters. The van der Waals surface area contributed by atoms with Crippen molar-refractivity contribution in [1.29, 1.82) is 0 Å². The molecular formula is C21H15ClN2O3. The molecule has 2 amide bonds. The molecule has 0 atom stereocenters. The summed E-state index contributed by atoms with van der Waals surface area (Å²) in [4.78, 5) is 26.5. The molecule has 1 N–H and O–H groups in total. The van der Waals surface area contributed by atoms with E-state index in [1.807, 2.05) is 42.5 Å². The molecule has 3 aromatic rings. The van der Waals surface area contributed by atoms with Gasteiger partial charge in [-0.05, 0) is 35.7 Å². The predicted molar refractivity (Wildman–Crippen MR) is 106 cm³/mol. The Bertz CT molecular complexity index is 1080. The first-order valence-corrected chi connectivity index (χ1v) is 8.65. The number of anilines is 2. The van der Waals surface area contributed by atoms with E-state index < -0.39 is 11.8 Å². The van der Waals surface area contributed by atoms with Crippen LogP contribution in [0.5, 0.6) is 5.75 Å². The Kier molecular flexibility index (Phi) is 4.30. The molecule has 0 fully saturated rings. The highest BCUT2D eigenvalue weighted by Crippen LogP contribution is 2.32. The van der Waals surface area contributed by atoms with E-state index in [0.29, 0.717) is 17.1 Å². The monoisotopic (exact) mass is 378 g/mol. The Morgan fingerprint density at radius 2 is 1.59 bits per heavy atom. The third-order valence-corrected chi connectivity index (χ3v) is 4.76. The summed E-state index contributed by atoms with van der Waals surface area (Å²) in [6, 6.07) is 20.1. The van der Waals surface area contributed by atoms with Gasteiger partial charge >= 0.3 is 0 Å². The van der Waals surface area contributed by atoms with Crippen molar-refractivity contribution in [3.05, 3.63) is 77.5 Å². The van der Waals surface area contributed by atoms with Gasteiger partial charge in [0.2, 0.25) is 0 Å². The summed E-state index contributed by atoms with van der Waals surface area (Å²) in [5.41, 5.74) is 1.20. The van der Waals surface area contributed by atoms with Gasteiger partial charge in [0.1, 0.15) is 16.5 Å². The lowest BCUT2D eigenvalue weighted by molar-refractivity contribution is -0.120. The number of carbonyl (C=O) groups is 2. The molecule has 0 radical (unpaired) electrons. The number of methoxy groups -OCH3 is 1. The summed E-state index contributed by atoms with van der Waals surface area (Å²) >= 11 is 6.21. The largest absolute Gasteiger partial charge is 0.497 e. The van der Waals surface area contributed by atoms with Crippen molar-refractivity contribution in [2.24, 2.45) is 0 Å². The van der Waals surface area contributed by atoms with Crippen molar-refractivity contribution in [3.63, 3.8) is 0 Å². The molecule has 1 heterocycles. The molecule has 6 heteroatoms. The second kappa shape index (κ2) is 6.78. The topological polar surface area (TPSA) is 58.6 Å². The normalized spacial score (nSPS) is 14.2. The van der Waals surface area contributed by atoms with Crippen molar-refractivity contribution in [2.45, 2.75) is 0 Å². The maximum absolute atomic E-state index is 12.9. The van der Waals surface area contributed by atoms with Crippen LogP contribution in [0, 0.1) is 0 Å². The van der Waals surface area contributed by atoms with E-state index in [1.165, 1.54) is 0 Å². The molecule has 1 aliphatic rings. The molecule has 0 aromatic heterocycles. The lowest BCUT2D eigenvalue weighted by Crippen LogP contribution is -2.32. The number of nitrogens with one attached hydrogen (secondary N) is 1. The Labute approximate surface area is 160 Å². The number of hydrogen-bond donors (Lipinski definition) is 1. The van der Waals surface area contributed by atoms with Crippen LogP contribution in [0.1, 0.15) is 0 Å². The van der Waals surface area contributed by atoms with Crippen molar-refractivity contribution in [2.75, 3.05) is 17.3 Å². The van der Waals surface area contributed by atoms with Crippen molar-refractivity contribution < 1.29 is 14.3 Å². The van der Waals surface area contributed by atoms with E-state index in [4.69, 9.17) is 16.3 Å². The number of ether oxygens (including phenoxy) is 1. The molecule has 134 valence electrons. The van der Waals surface area contributed by atoms with Gasteiger partial charge in [0.15, 0.2) is 0 Å². The summed E-state index contributed by atoms with van der Waals surface area (Å²) < 4.78 is 5.11. The zero-order chi connectivity index (χ0) is 19.0. The fourth-order valence-corrected chi connectivity index (χ4v) is 3.26. The van der Waals surface area contributed by atoms with Crippen LogP contribution in [0.25, 0.3) is 10.8 Å². The van der Waals surface area contributed by atoms with Gasteiger partial charge in [-0.25, -0.2) is 4.90 Å². The van der Waals surface area contributed by atoms with Crippen LogP contribution in [0.3, 0.4) is 0 Å². The van der Waals surface area contributed by atoms with Crippen LogP contribution in [-0.2, 0) is 9.59 Å². The molecule has 0 aliphatic carbocycles. The van der Waals surface area contributed by atoms with Crippen LogP contribution in [0.2, 0.25) is 0 Å². The second-order valence-electron chi connectivity index (χ2n) is 5.98. The van der Waals surface area contributed by atoms with E-state index in [9.17, 15) is 9.59 Å². The number of imide groups is 1. The zero-order valence-corrected chi connectivity index (χ0v) is 15.2. The first-order valence-electron chi connectivity index (χ1n) is 8.27. The maximum atomic E-state index is 12.9. The maximum Gasteiger partial charge on any atom is 0.283 e. The average molecular weight is 379 g/mol. The first-order chi connectivity index (χ1) is 13.1. The molecule has 4 rings (SSSR count). The summed E-state index contributed by atoms with van der Waals surface area (Å²) in [5, 5.41) is 4.86. The highest BCUT2D eigenvalue weighted by atomic mass is 35.5. The highest BCUT2D eigenvalue weighted by molar-refractivity contribution is 6.53. The number of benzene rings is 3. The summed E-state index contributed by atoms with van der Waals surface area (Å²) in [7, 11) is 1.55. The Morgan fingerprint density at radius 1 is 0.889 bits per heavy atom. The van der Waals surface area contributed by atoms with Crippen molar-refractivity contribution in [1.82, 2.24) is 0 Å². The smallest absolute Gasteiger partial charge is 0.283 e. The molecular weight excluding hydrogens is 364 g/mol. The summed E-state index contributed by atoms with van der Waals surface area (Å²) in [6.07, 6.45) is 0. The molecule has 3 aromatic carbocycles. The lowest BCUT2D eigenvalue weighted by Gasteiger charge is -2.16. The summed E-state index contributed by atoms with van der Waals surface area (Å²) in [6.45, 7) is 0. The van der Waals surface area contributed by atoms with E-state index in [0.717, 1.165) is 15.7 Å². The third-order valence-electron chi connectivity index (χ3n) is 4.41. The molecule has 0 saturated carbocycles. The number of nitrogens with zero attached hydrogens (tertiary/aromatic N) is 1. The minimum absolute atomic E-state index is 0.0637. The zero-order valence-electron chi connectivity index (χ0n) is 14.4. The quantitative estimate of drug-likeness (QED) is 0.688. The first kappa shape index (κ1) is 17.1. The Morgan fingerprint density at radius 3 is 2.33 bits per heavy atom. The van der Waals surface area contributed by atoms with E-state index >= 15 is 0 Å². The van der Waals surface area contributed by atoms with Gasteiger partial charge < -0.3 is 10.1 Å². The van der Waals surface area contributed by atoms with Gasteiger partial charge in [-0.3, -0.25) is 9.59 Å². The second-order valence-corrected chi connectivity index (χ2v) is 6.36. The Hall–Kier alpha value is -3.31.